The number of carbonyl (C=O) groups excluding carboxylic acids is 2. The minimum Gasteiger partial charge on any atom is -0.211 e. The SMILES string of the molecule is CCCCCC(S)(S)C(N=C=O)N=C=O. The van der Waals surface area contributed by atoms with Gasteiger partial charge in [-0.05, 0) is 6.42 Å². The van der Waals surface area contributed by atoms with Crippen LogP contribution in [0.4, 0.5) is 0 Å². The summed E-state index contributed by atoms with van der Waals surface area (Å²) in [6.45, 7) is 2.07. The molecule has 0 aromatic heterocycles. The molecule has 15 heavy (non-hydrogen) atoms. The highest BCUT2D eigenvalue weighted by Gasteiger charge is 2.31. The van der Waals surface area contributed by atoms with Gasteiger partial charge in [0.1, 0.15) is 0 Å². The van der Waals surface area contributed by atoms with Crippen molar-refractivity contribution in [1.82, 2.24) is 0 Å². The van der Waals surface area contributed by atoms with E-state index in [1.165, 1.54) is 12.2 Å². The van der Waals surface area contributed by atoms with Crippen molar-refractivity contribution >= 4 is 37.4 Å². The molecule has 0 aliphatic carbocycles. The van der Waals surface area contributed by atoms with Crippen LogP contribution in [0.15, 0.2) is 9.98 Å². The van der Waals surface area contributed by atoms with Crippen LogP contribution in [0.3, 0.4) is 0 Å². The number of thiol groups is 2. The first-order valence-electron chi connectivity index (χ1n) is 4.67. The number of hydrogen-bond acceptors (Lipinski definition) is 6. The summed E-state index contributed by atoms with van der Waals surface area (Å²) in [6, 6.07) is 0. The first-order valence-corrected chi connectivity index (χ1v) is 5.56. The lowest BCUT2D eigenvalue weighted by Crippen LogP contribution is -2.28. The minimum absolute atomic E-state index is 0.605. The lowest BCUT2D eigenvalue weighted by Gasteiger charge is -2.24. The van der Waals surface area contributed by atoms with E-state index in [9.17, 15) is 9.59 Å². The van der Waals surface area contributed by atoms with Gasteiger partial charge in [-0.15, -0.1) is 0 Å². The highest BCUT2D eigenvalue weighted by Crippen LogP contribution is 2.33. The van der Waals surface area contributed by atoms with Gasteiger partial charge in [0.2, 0.25) is 12.2 Å². The Morgan fingerprint density at radius 1 is 1.20 bits per heavy atom. The second kappa shape index (κ2) is 7.71. The number of unbranched alkanes of at least 4 members (excludes halogenated alkanes) is 2. The molecule has 0 aromatic carbocycles. The Kier molecular flexibility index (Phi) is 7.44. The molecule has 0 unspecified atom stereocenters. The van der Waals surface area contributed by atoms with Crippen molar-refractivity contribution in [3.8, 4) is 0 Å². The van der Waals surface area contributed by atoms with Gasteiger partial charge in [0, 0.05) is 0 Å². The van der Waals surface area contributed by atoms with E-state index in [2.05, 4.69) is 42.2 Å². The van der Waals surface area contributed by atoms with E-state index < -0.39 is 10.2 Å². The zero-order chi connectivity index (χ0) is 11.7. The standard InChI is InChI=1S/C9H14N2O2S2/c1-2-3-4-5-9(14,15)8(10-6-12)11-7-13/h8,14-15H,2-5H2,1H3. The van der Waals surface area contributed by atoms with E-state index in [0.29, 0.717) is 6.42 Å². The van der Waals surface area contributed by atoms with E-state index in [0.717, 1.165) is 19.3 Å². The number of aliphatic imine (C=N–C) groups is 2. The van der Waals surface area contributed by atoms with Crippen LogP contribution < -0.4 is 0 Å². The second-order valence-electron chi connectivity index (χ2n) is 3.15. The average Bonchev–Trinajstić information content (AvgIpc) is 2.18. The van der Waals surface area contributed by atoms with Crippen LogP contribution in [-0.2, 0) is 9.59 Å². The van der Waals surface area contributed by atoms with Crippen LogP contribution in [0.1, 0.15) is 32.6 Å². The molecular weight excluding hydrogens is 232 g/mol. The molecule has 0 atom stereocenters. The van der Waals surface area contributed by atoms with Gasteiger partial charge in [0.05, 0.1) is 4.08 Å². The van der Waals surface area contributed by atoms with Crippen molar-refractivity contribution in [3.63, 3.8) is 0 Å². The molecule has 4 nitrogen and oxygen atoms in total. The molecule has 0 saturated carbocycles. The van der Waals surface area contributed by atoms with Gasteiger partial charge < -0.3 is 0 Å². The van der Waals surface area contributed by atoms with E-state index >= 15 is 0 Å². The fourth-order valence-electron chi connectivity index (χ4n) is 1.10. The van der Waals surface area contributed by atoms with Crippen molar-refractivity contribution in [3.05, 3.63) is 0 Å². The molecule has 84 valence electrons. The fraction of sp³-hybridized carbons (Fsp3) is 0.778. The van der Waals surface area contributed by atoms with E-state index in [4.69, 9.17) is 0 Å². The maximum atomic E-state index is 10.1. The van der Waals surface area contributed by atoms with Crippen LogP contribution in [-0.4, -0.2) is 22.4 Å². The zero-order valence-electron chi connectivity index (χ0n) is 8.51. The molecule has 0 amide bonds. The van der Waals surface area contributed by atoms with Crippen molar-refractivity contribution in [2.24, 2.45) is 9.98 Å². The summed E-state index contributed by atoms with van der Waals surface area (Å²) in [5, 5.41) is 0. The van der Waals surface area contributed by atoms with Crippen LogP contribution in [0.5, 0.6) is 0 Å². The molecule has 0 N–H and O–H groups in total. The second-order valence-corrected chi connectivity index (χ2v) is 5.10. The van der Waals surface area contributed by atoms with Crippen LogP contribution in [0.25, 0.3) is 0 Å². The highest BCUT2D eigenvalue weighted by molar-refractivity contribution is 8.00. The Hall–Kier alpha value is -0.540. The minimum atomic E-state index is -0.920. The molecule has 0 aliphatic rings. The van der Waals surface area contributed by atoms with Gasteiger partial charge in [-0.3, -0.25) is 0 Å². The molecule has 0 aliphatic heterocycles. The lowest BCUT2D eigenvalue weighted by atomic mass is 10.1. The lowest BCUT2D eigenvalue weighted by molar-refractivity contribution is 0.521. The molecule has 0 fully saturated rings. The highest BCUT2D eigenvalue weighted by atomic mass is 32.2. The number of hydrogen-bond donors (Lipinski definition) is 2. The summed E-state index contributed by atoms with van der Waals surface area (Å²) >= 11 is 8.48. The van der Waals surface area contributed by atoms with E-state index in [-0.39, 0.29) is 0 Å². The third kappa shape index (κ3) is 5.80. The van der Waals surface area contributed by atoms with E-state index in [1.807, 2.05) is 0 Å². The molecule has 6 heteroatoms. The molecule has 0 aromatic rings. The summed E-state index contributed by atoms with van der Waals surface area (Å²) in [7, 11) is 0. The number of rotatable bonds is 7. The van der Waals surface area contributed by atoms with Crippen LogP contribution >= 0.6 is 25.3 Å². The normalized spacial score (nSPS) is 12.5. The third-order valence-corrected chi connectivity index (χ3v) is 2.82. The fourth-order valence-corrected chi connectivity index (χ4v) is 1.65. The molecule has 0 bridgehead atoms. The van der Waals surface area contributed by atoms with Gasteiger partial charge in [-0.25, -0.2) is 9.59 Å². The van der Waals surface area contributed by atoms with Gasteiger partial charge in [0.25, 0.3) is 0 Å². The van der Waals surface area contributed by atoms with Crippen molar-refractivity contribution in [2.45, 2.75) is 42.9 Å². The monoisotopic (exact) mass is 246 g/mol. The molecule has 0 rings (SSSR count). The van der Waals surface area contributed by atoms with Gasteiger partial charge in [-0.1, -0.05) is 26.2 Å². The molecule has 0 radical (unpaired) electrons. The summed E-state index contributed by atoms with van der Waals surface area (Å²) in [4.78, 5) is 27.0. The predicted molar refractivity (Wildman–Crippen MR) is 64.9 cm³/mol. The Balaban J connectivity index is 4.48. The van der Waals surface area contributed by atoms with Gasteiger partial charge >= 0.3 is 0 Å². The van der Waals surface area contributed by atoms with Crippen LogP contribution in [0, 0.1) is 0 Å². The first-order chi connectivity index (χ1) is 7.08. The Morgan fingerprint density at radius 3 is 2.13 bits per heavy atom. The molecule has 0 saturated heterocycles. The Bertz CT molecular complexity index is 264. The predicted octanol–water partition coefficient (Wildman–Crippen LogP) is 2.12. The summed E-state index contributed by atoms with van der Waals surface area (Å²) in [5.41, 5.74) is 0. The summed E-state index contributed by atoms with van der Waals surface area (Å²) < 4.78 is -0.899. The largest absolute Gasteiger partial charge is 0.237 e. The smallest absolute Gasteiger partial charge is 0.211 e. The van der Waals surface area contributed by atoms with Crippen molar-refractivity contribution < 1.29 is 9.59 Å². The Morgan fingerprint density at radius 2 is 1.73 bits per heavy atom. The van der Waals surface area contributed by atoms with Crippen LogP contribution in [0.2, 0.25) is 0 Å². The van der Waals surface area contributed by atoms with Crippen molar-refractivity contribution in [1.29, 1.82) is 0 Å². The number of nitrogens with zero attached hydrogens (tertiary/aromatic N) is 2. The first kappa shape index (κ1) is 14.5. The molecule has 0 spiro atoms. The number of isocyanates is 2. The topological polar surface area (TPSA) is 58.9 Å². The summed E-state index contributed by atoms with van der Waals surface area (Å²) in [5.74, 6) is 0. The quantitative estimate of drug-likeness (QED) is 0.238. The van der Waals surface area contributed by atoms with Crippen molar-refractivity contribution in [2.75, 3.05) is 0 Å². The zero-order valence-corrected chi connectivity index (χ0v) is 10.3. The van der Waals surface area contributed by atoms with E-state index in [1.54, 1.807) is 0 Å². The third-order valence-electron chi connectivity index (χ3n) is 1.91. The average molecular weight is 246 g/mol. The molecular formula is C9H14N2O2S2. The molecule has 0 heterocycles. The van der Waals surface area contributed by atoms with Gasteiger partial charge in [0.15, 0.2) is 6.17 Å². The summed E-state index contributed by atoms with van der Waals surface area (Å²) in [6.07, 6.45) is 5.38. The maximum Gasteiger partial charge on any atom is 0.237 e. The maximum absolute atomic E-state index is 10.1. The Labute approximate surface area is 100 Å². The van der Waals surface area contributed by atoms with Gasteiger partial charge in [-0.2, -0.15) is 35.2 Å².